The number of rotatable bonds is 2. The monoisotopic (exact) mass is 274 g/mol. The van der Waals surface area contributed by atoms with Crippen LogP contribution in [0.15, 0.2) is 21.3 Å². The standard InChI is InChI=1S/C16H19NO3/c1-10-11(2)16(19)20-15-12(10)5-6-14(18)13(15)9-17-7-3-4-8-17/h5-6,18H,3-4,7-9H2,1-2H3/p+1. The lowest BCUT2D eigenvalue weighted by molar-refractivity contribution is -0.901. The minimum absolute atomic E-state index is 0.225. The first-order valence-electron chi connectivity index (χ1n) is 7.16. The number of benzene rings is 1. The number of aryl methyl sites for hydroxylation is 1. The average Bonchev–Trinajstić information content (AvgIpc) is 2.93. The molecule has 1 aromatic carbocycles. The molecule has 0 aliphatic carbocycles. The van der Waals surface area contributed by atoms with Gasteiger partial charge in [0.2, 0.25) is 0 Å². The molecule has 1 aromatic heterocycles. The zero-order valence-electron chi connectivity index (χ0n) is 12.0. The Kier molecular flexibility index (Phi) is 3.26. The Morgan fingerprint density at radius 3 is 2.60 bits per heavy atom. The van der Waals surface area contributed by atoms with Gasteiger partial charge < -0.3 is 14.4 Å². The number of quaternary nitrogens is 1. The predicted octanol–water partition coefficient (Wildman–Crippen LogP) is 1.29. The molecule has 106 valence electrons. The van der Waals surface area contributed by atoms with E-state index in [9.17, 15) is 9.90 Å². The number of phenols is 1. The van der Waals surface area contributed by atoms with Crippen LogP contribution in [-0.2, 0) is 6.54 Å². The summed E-state index contributed by atoms with van der Waals surface area (Å²) in [4.78, 5) is 13.3. The van der Waals surface area contributed by atoms with Crippen molar-refractivity contribution in [2.45, 2.75) is 33.2 Å². The van der Waals surface area contributed by atoms with E-state index in [1.54, 1.807) is 13.0 Å². The van der Waals surface area contributed by atoms with Crippen LogP contribution < -0.4 is 10.5 Å². The first kappa shape index (κ1) is 13.2. The third kappa shape index (κ3) is 2.10. The van der Waals surface area contributed by atoms with E-state index in [0.717, 1.165) is 29.6 Å². The van der Waals surface area contributed by atoms with Gasteiger partial charge in [-0.05, 0) is 31.5 Å². The van der Waals surface area contributed by atoms with E-state index >= 15 is 0 Å². The maximum absolute atomic E-state index is 11.9. The summed E-state index contributed by atoms with van der Waals surface area (Å²) in [5.74, 6) is 0.225. The molecule has 1 aliphatic rings. The van der Waals surface area contributed by atoms with Gasteiger partial charge in [-0.25, -0.2) is 4.79 Å². The van der Waals surface area contributed by atoms with Crippen LogP contribution in [0.2, 0.25) is 0 Å². The maximum Gasteiger partial charge on any atom is 0.339 e. The maximum atomic E-state index is 11.9. The summed E-state index contributed by atoms with van der Waals surface area (Å²) in [6.45, 7) is 6.65. The van der Waals surface area contributed by atoms with Crippen LogP contribution in [0.4, 0.5) is 0 Å². The van der Waals surface area contributed by atoms with Gasteiger partial charge >= 0.3 is 5.63 Å². The van der Waals surface area contributed by atoms with Crippen LogP contribution in [0.5, 0.6) is 5.75 Å². The van der Waals surface area contributed by atoms with Crippen LogP contribution in [-0.4, -0.2) is 18.2 Å². The minimum atomic E-state index is -0.307. The molecule has 2 N–H and O–H groups in total. The normalized spacial score (nSPS) is 16.1. The highest BCUT2D eigenvalue weighted by Crippen LogP contribution is 2.28. The molecule has 20 heavy (non-hydrogen) atoms. The number of nitrogens with one attached hydrogen (secondary N) is 1. The zero-order valence-corrected chi connectivity index (χ0v) is 12.0. The largest absolute Gasteiger partial charge is 0.507 e. The highest BCUT2D eigenvalue weighted by molar-refractivity contribution is 5.85. The van der Waals surface area contributed by atoms with Crippen molar-refractivity contribution in [1.82, 2.24) is 0 Å². The molecule has 1 saturated heterocycles. The molecule has 0 bridgehead atoms. The van der Waals surface area contributed by atoms with Gasteiger partial charge in [0.15, 0.2) is 5.58 Å². The molecule has 1 fully saturated rings. The molecule has 4 heteroatoms. The van der Waals surface area contributed by atoms with Gasteiger partial charge in [-0.15, -0.1) is 0 Å². The quantitative estimate of drug-likeness (QED) is 0.812. The molecule has 0 unspecified atom stereocenters. The second-order valence-electron chi connectivity index (χ2n) is 5.71. The molecule has 0 atom stereocenters. The summed E-state index contributed by atoms with van der Waals surface area (Å²) in [7, 11) is 0. The third-order valence-corrected chi connectivity index (χ3v) is 4.44. The van der Waals surface area contributed by atoms with Crippen molar-refractivity contribution in [2.75, 3.05) is 13.1 Å². The molecular weight excluding hydrogens is 254 g/mol. The Hall–Kier alpha value is -1.81. The number of fused-ring (bicyclic) bond motifs is 1. The highest BCUT2D eigenvalue weighted by atomic mass is 16.4. The lowest BCUT2D eigenvalue weighted by Crippen LogP contribution is -3.08. The van der Waals surface area contributed by atoms with Crippen LogP contribution >= 0.6 is 0 Å². The van der Waals surface area contributed by atoms with Gasteiger partial charge in [-0.2, -0.15) is 0 Å². The van der Waals surface area contributed by atoms with Gasteiger partial charge in [0.1, 0.15) is 12.3 Å². The van der Waals surface area contributed by atoms with E-state index in [2.05, 4.69) is 0 Å². The summed E-state index contributed by atoms with van der Waals surface area (Å²) in [5, 5.41) is 11.1. The molecule has 2 heterocycles. The van der Waals surface area contributed by atoms with Gasteiger partial charge in [0.05, 0.1) is 18.7 Å². The summed E-state index contributed by atoms with van der Waals surface area (Å²) < 4.78 is 5.47. The van der Waals surface area contributed by atoms with E-state index < -0.39 is 0 Å². The minimum Gasteiger partial charge on any atom is -0.507 e. The summed E-state index contributed by atoms with van der Waals surface area (Å²) >= 11 is 0. The molecule has 0 saturated carbocycles. The van der Waals surface area contributed by atoms with E-state index in [4.69, 9.17) is 4.42 Å². The van der Waals surface area contributed by atoms with Crippen molar-refractivity contribution >= 4 is 11.0 Å². The summed E-state index contributed by atoms with van der Waals surface area (Å²) in [6, 6.07) is 3.54. The Labute approximate surface area is 117 Å². The fourth-order valence-electron chi connectivity index (χ4n) is 3.03. The zero-order chi connectivity index (χ0) is 14.3. The SMILES string of the molecule is Cc1c(C)c2ccc(O)c(C[NH+]3CCCC3)c2oc1=O. The van der Waals surface area contributed by atoms with Crippen LogP contribution in [0, 0.1) is 13.8 Å². The van der Waals surface area contributed by atoms with Crippen LogP contribution in [0.1, 0.15) is 29.5 Å². The van der Waals surface area contributed by atoms with Crippen molar-refractivity contribution in [3.05, 3.63) is 39.2 Å². The number of hydrogen-bond acceptors (Lipinski definition) is 3. The van der Waals surface area contributed by atoms with Crippen molar-refractivity contribution in [3.8, 4) is 5.75 Å². The summed E-state index contributed by atoms with van der Waals surface area (Å²) in [5.41, 5.74) is 2.59. The molecule has 3 rings (SSSR count). The topological polar surface area (TPSA) is 54.9 Å². The average molecular weight is 274 g/mol. The van der Waals surface area contributed by atoms with Crippen molar-refractivity contribution in [2.24, 2.45) is 0 Å². The third-order valence-electron chi connectivity index (χ3n) is 4.44. The van der Waals surface area contributed by atoms with Gasteiger partial charge in [-0.1, -0.05) is 0 Å². The lowest BCUT2D eigenvalue weighted by atomic mass is 10.0. The molecule has 0 radical (unpaired) electrons. The second-order valence-corrected chi connectivity index (χ2v) is 5.71. The number of aromatic hydroxyl groups is 1. The number of phenolic OH excluding ortho intramolecular Hbond substituents is 1. The molecule has 0 amide bonds. The van der Waals surface area contributed by atoms with Gasteiger partial charge in [0.25, 0.3) is 0 Å². The number of likely N-dealkylation sites (tertiary alicyclic amines) is 1. The van der Waals surface area contributed by atoms with Crippen molar-refractivity contribution < 1.29 is 14.4 Å². The Morgan fingerprint density at radius 2 is 1.90 bits per heavy atom. The number of hydrogen-bond donors (Lipinski definition) is 2. The Morgan fingerprint density at radius 1 is 1.20 bits per heavy atom. The Bertz CT molecular complexity index is 712. The first-order chi connectivity index (χ1) is 9.58. The summed E-state index contributed by atoms with van der Waals surface area (Å²) in [6.07, 6.45) is 2.45. The van der Waals surface area contributed by atoms with E-state index in [1.165, 1.54) is 17.7 Å². The lowest BCUT2D eigenvalue weighted by Gasteiger charge is -2.15. The highest BCUT2D eigenvalue weighted by Gasteiger charge is 2.21. The molecular formula is C16H20NO3+. The molecule has 1 aliphatic heterocycles. The Balaban J connectivity index is 2.19. The predicted molar refractivity (Wildman–Crippen MR) is 77.3 cm³/mol. The molecule has 4 nitrogen and oxygen atoms in total. The smallest absolute Gasteiger partial charge is 0.339 e. The second kappa shape index (κ2) is 4.94. The first-order valence-corrected chi connectivity index (χ1v) is 7.16. The van der Waals surface area contributed by atoms with Crippen LogP contribution in [0.25, 0.3) is 11.0 Å². The van der Waals surface area contributed by atoms with E-state index in [0.29, 0.717) is 17.7 Å². The van der Waals surface area contributed by atoms with Crippen molar-refractivity contribution in [3.63, 3.8) is 0 Å². The fraction of sp³-hybridized carbons (Fsp3) is 0.438. The van der Waals surface area contributed by atoms with E-state index in [-0.39, 0.29) is 11.4 Å². The molecule has 0 spiro atoms. The van der Waals surface area contributed by atoms with E-state index in [1.807, 2.05) is 13.0 Å². The van der Waals surface area contributed by atoms with Crippen molar-refractivity contribution in [1.29, 1.82) is 0 Å². The van der Waals surface area contributed by atoms with Gasteiger partial charge in [-0.3, -0.25) is 0 Å². The van der Waals surface area contributed by atoms with Crippen LogP contribution in [0.3, 0.4) is 0 Å². The van der Waals surface area contributed by atoms with Gasteiger partial charge in [0, 0.05) is 23.8 Å². The molecule has 2 aromatic rings. The fourth-order valence-corrected chi connectivity index (χ4v) is 3.03.